The van der Waals surface area contributed by atoms with Gasteiger partial charge >= 0.3 is 0 Å². The van der Waals surface area contributed by atoms with Crippen LogP contribution in [0.25, 0.3) is 10.8 Å². The Kier molecular flexibility index (Phi) is 3.85. The van der Waals surface area contributed by atoms with Crippen molar-refractivity contribution in [2.45, 2.75) is 24.7 Å². The first-order chi connectivity index (χ1) is 9.03. The van der Waals surface area contributed by atoms with Crippen LogP contribution < -0.4 is 4.72 Å². The zero-order valence-corrected chi connectivity index (χ0v) is 11.4. The van der Waals surface area contributed by atoms with E-state index in [0.29, 0.717) is 6.42 Å². The first-order valence-corrected chi connectivity index (χ1v) is 7.55. The molecule has 100 valence electrons. The summed E-state index contributed by atoms with van der Waals surface area (Å²) in [6, 6.07) is 12.3. The SMILES string of the molecule is CCCC(=O)NS(=O)(=O)c1ccc2ccccc2c1. The number of hydrogen-bond donors (Lipinski definition) is 1. The molecule has 0 atom stereocenters. The van der Waals surface area contributed by atoms with Crippen molar-refractivity contribution < 1.29 is 13.2 Å². The Bertz CT molecular complexity index is 707. The van der Waals surface area contributed by atoms with Crippen LogP contribution in [-0.2, 0) is 14.8 Å². The summed E-state index contributed by atoms with van der Waals surface area (Å²) in [6.07, 6.45) is 0.811. The molecule has 0 spiro atoms. The summed E-state index contributed by atoms with van der Waals surface area (Å²) in [7, 11) is -3.77. The third-order valence-corrected chi connectivity index (χ3v) is 4.13. The van der Waals surface area contributed by atoms with Crippen LogP contribution in [-0.4, -0.2) is 14.3 Å². The minimum Gasteiger partial charge on any atom is -0.274 e. The van der Waals surface area contributed by atoms with Gasteiger partial charge in [0, 0.05) is 6.42 Å². The third-order valence-electron chi connectivity index (χ3n) is 2.76. The van der Waals surface area contributed by atoms with Crippen molar-refractivity contribution in [3.05, 3.63) is 42.5 Å². The van der Waals surface area contributed by atoms with Crippen molar-refractivity contribution in [1.29, 1.82) is 0 Å². The van der Waals surface area contributed by atoms with Crippen LogP contribution in [0, 0.1) is 0 Å². The third kappa shape index (κ3) is 3.12. The number of hydrogen-bond acceptors (Lipinski definition) is 3. The number of benzene rings is 2. The molecule has 0 bridgehead atoms. The Morgan fingerprint density at radius 2 is 1.79 bits per heavy atom. The maximum Gasteiger partial charge on any atom is 0.264 e. The first-order valence-electron chi connectivity index (χ1n) is 6.07. The Balaban J connectivity index is 2.35. The summed E-state index contributed by atoms with van der Waals surface area (Å²) < 4.78 is 26.1. The molecule has 0 aliphatic heterocycles. The Morgan fingerprint density at radius 1 is 1.11 bits per heavy atom. The second-order valence-corrected chi connectivity index (χ2v) is 5.97. The lowest BCUT2D eigenvalue weighted by molar-refractivity contribution is -0.119. The maximum absolute atomic E-state index is 12.0. The first kappa shape index (κ1) is 13.5. The Labute approximate surface area is 112 Å². The van der Waals surface area contributed by atoms with Crippen LogP contribution in [0.15, 0.2) is 47.4 Å². The van der Waals surface area contributed by atoms with Gasteiger partial charge in [-0.25, -0.2) is 13.1 Å². The molecule has 1 amide bonds. The van der Waals surface area contributed by atoms with Crippen molar-refractivity contribution in [2.75, 3.05) is 0 Å². The van der Waals surface area contributed by atoms with Crippen LogP contribution >= 0.6 is 0 Å². The molecule has 0 heterocycles. The van der Waals surface area contributed by atoms with Crippen molar-refractivity contribution in [3.63, 3.8) is 0 Å². The van der Waals surface area contributed by atoms with Gasteiger partial charge in [0.2, 0.25) is 5.91 Å². The van der Waals surface area contributed by atoms with E-state index in [2.05, 4.69) is 4.72 Å². The molecule has 1 N–H and O–H groups in total. The van der Waals surface area contributed by atoms with Crippen molar-refractivity contribution in [1.82, 2.24) is 4.72 Å². The molecule has 0 aliphatic rings. The molecule has 2 aromatic carbocycles. The molecule has 2 aromatic rings. The predicted octanol–water partition coefficient (Wildman–Crippen LogP) is 2.44. The smallest absolute Gasteiger partial charge is 0.264 e. The Hall–Kier alpha value is -1.88. The molecular weight excluding hydrogens is 262 g/mol. The highest BCUT2D eigenvalue weighted by Gasteiger charge is 2.17. The maximum atomic E-state index is 12.0. The molecule has 19 heavy (non-hydrogen) atoms. The molecule has 0 saturated heterocycles. The molecule has 2 rings (SSSR count). The van der Waals surface area contributed by atoms with E-state index < -0.39 is 15.9 Å². The number of amides is 1. The molecule has 0 aliphatic carbocycles. The number of sulfonamides is 1. The van der Waals surface area contributed by atoms with Gasteiger partial charge in [0.05, 0.1) is 4.90 Å². The molecule has 0 radical (unpaired) electrons. The van der Waals surface area contributed by atoms with Gasteiger partial charge in [-0.1, -0.05) is 37.3 Å². The number of fused-ring (bicyclic) bond motifs is 1. The number of carbonyl (C=O) groups is 1. The lowest BCUT2D eigenvalue weighted by Crippen LogP contribution is -2.30. The summed E-state index contributed by atoms with van der Waals surface area (Å²) in [4.78, 5) is 11.5. The molecule has 0 fully saturated rings. The van der Waals surface area contributed by atoms with E-state index in [-0.39, 0.29) is 11.3 Å². The van der Waals surface area contributed by atoms with E-state index >= 15 is 0 Å². The van der Waals surface area contributed by atoms with Gasteiger partial charge in [-0.05, 0) is 29.3 Å². The van der Waals surface area contributed by atoms with Crippen molar-refractivity contribution >= 4 is 26.7 Å². The second kappa shape index (κ2) is 5.40. The summed E-state index contributed by atoms with van der Waals surface area (Å²) in [5, 5.41) is 1.79. The average molecular weight is 277 g/mol. The quantitative estimate of drug-likeness (QED) is 0.933. The number of carbonyl (C=O) groups excluding carboxylic acids is 1. The van der Waals surface area contributed by atoms with Crippen LogP contribution in [0.5, 0.6) is 0 Å². The topological polar surface area (TPSA) is 63.2 Å². The van der Waals surface area contributed by atoms with E-state index in [1.54, 1.807) is 12.1 Å². The summed E-state index contributed by atoms with van der Waals surface area (Å²) >= 11 is 0. The standard InChI is InChI=1S/C14H15NO3S/c1-2-5-14(16)15-19(17,18)13-9-8-11-6-3-4-7-12(11)10-13/h3-4,6-10H,2,5H2,1H3,(H,15,16). The van der Waals surface area contributed by atoms with Crippen LogP contribution in [0.3, 0.4) is 0 Å². The fourth-order valence-corrected chi connectivity index (χ4v) is 2.87. The summed E-state index contributed by atoms with van der Waals surface area (Å²) in [6.45, 7) is 1.82. The van der Waals surface area contributed by atoms with Gasteiger partial charge in [0.15, 0.2) is 0 Å². The lowest BCUT2D eigenvalue weighted by Gasteiger charge is -2.07. The van der Waals surface area contributed by atoms with E-state index in [1.807, 2.05) is 31.2 Å². The molecule has 0 saturated carbocycles. The van der Waals surface area contributed by atoms with E-state index in [0.717, 1.165) is 10.8 Å². The summed E-state index contributed by atoms with van der Waals surface area (Å²) in [5.41, 5.74) is 0. The van der Waals surface area contributed by atoms with Gasteiger partial charge in [0.1, 0.15) is 0 Å². The minimum absolute atomic E-state index is 0.107. The fraction of sp³-hybridized carbons (Fsp3) is 0.214. The molecule has 4 nitrogen and oxygen atoms in total. The summed E-state index contributed by atoms with van der Waals surface area (Å²) in [5.74, 6) is -0.476. The van der Waals surface area contributed by atoms with E-state index in [4.69, 9.17) is 0 Å². The number of rotatable bonds is 4. The minimum atomic E-state index is -3.77. The molecule has 0 aromatic heterocycles. The van der Waals surface area contributed by atoms with Crippen LogP contribution in [0.1, 0.15) is 19.8 Å². The largest absolute Gasteiger partial charge is 0.274 e. The van der Waals surface area contributed by atoms with Gasteiger partial charge in [0.25, 0.3) is 10.0 Å². The highest BCUT2D eigenvalue weighted by molar-refractivity contribution is 7.90. The molecular formula is C14H15NO3S. The molecule has 0 unspecified atom stereocenters. The monoisotopic (exact) mass is 277 g/mol. The zero-order valence-electron chi connectivity index (χ0n) is 10.6. The van der Waals surface area contributed by atoms with Crippen LogP contribution in [0.4, 0.5) is 0 Å². The van der Waals surface area contributed by atoms with Gasteiger partial charge < -0.3 is 0 Å². The van der Waals surface area contributed by atoms with Crippen molar-refractivity contribution in [2.24, 2.45) is 0 Å². The Morgan fingerprint density at radius 3 is 2.47 bits per heavy atom. The van der Waals surface area contributed by atoms with E-state index in [1.165, 1.54) is 6.07 Å². The van der Waals surface area contributed by atoms with Gasteiger partial charge in [-0.15, -0.1) is 0 Å². The van der Waals surface area contributed by atoms with Gasteiger partial charge in [-0.2, -0.15) is 0 Å². The normalized spacial score (nSPS) is 11.4. The van der Waals surface area contributed by atoms with Crippen molar-refractivity contribution in [3.8, 4) is 0 Å². The van der Waals surface area contributed by atoms with Crippen LogP contribution in [0.2, 0.25) is 0 Å². The van der Waals surface area contributed by atoms with Gasteiger partial charge in [-0.3, -0.25) is 4.79 Å². The van der Waals surface area contributed by atoms with E-state index in [9.17, 15) is 13.2 Å². The second-order valence-electron chi connectivity index (χ2n) is 4.29. The number of nitrogens with one attached hydrogen (secondary N) is 1. The predicted molar refractivity (Wildman–Crippen MR) is 74.2 cm³/mol. The zero-order chi connectivity index (χ0) is 13.9. The lowest BCUT2D eigenvalue weighted by atomic mass is 10.1. The highest BCUT2D eigenvalue weighted by Crippen LogP contribution is 2.18. The highest BCUT2D eigenvalue weighted by atomic mass is 32.2. The average Bonchev–Trinajstić information content (AvgIpc) is 2.37. The fourth-order valence-electron chi connectivity index (χ4n) is 1.82. The molecule has 5 heteroatoms.